The first kappa shape index (κ1) is 24.0. The number of nitrogens with one attached hydrogen (secondary N) is 2. The molecule has 0 saturated carbocycles. The lowest BCUT2D eigenvalue weighted by atomic mass is 10.1. The number of hydrogen-bond donors (Lipinski definition) is 2. The first-order valence-corrected chi connectivity index (χ1v) is 12.0. The van der Waals surface area contributed by atoms with E-state index in [0.717, 1.165) is 5.56 Å². The van der Waals surface area contributed by atoms with Crippen molar-refractivity contribution in [2.75, 3.05) is 11.1 Å². The summed E-state index contributed by atoms with van der Waals surface area (Å²) < 4.78 is 7.26. The van der Waals surface area contributed by atoms with Gasteiger partial charge in [0.2, 0.25) is 11.7 Å². The molecule has 2 N–H and O–H groups in total. The zero-order valence-electron chi connectivity index (χ0n) is 19.2. The number of nitrogens with zero attached hydrogens (tertiary/aromatic N) is 3. The van der Waals surface area contributed by atoms with E-state index in [1.807, 2.05) is 41.8 Å². The number of benzene rings is 2. The van der Waals surface area contributed by atoms with E-state index >= 15 is 0 Å². The van der Waals surface area contributed by atoms with Crippen LogP contribution >= 0.6 is 11.8 Å². The number of amides is 2. The van der Waals surface area contributed by atoms with Crippen molar-refractivity contribution in [2.45, 2.75) is 24.7 Å². The van der Waals surface area contributed by atoms with Crippen LogP contribution in [0, 0.1) is 0 Å². The molecule has 1 unspecified atom stereocenters. The minimum atomic E-state index is -0.265. The molecule has 178 valence electrons. The van der Waals surface area contributed by atoms with Gasteiger partial charge < -0.3 is 15.1 Å². The Balaban J connectivity index is 1.41. The van der Waals surface area contributed by atoms with Gasteiger partial charge in [0.15, 0.2) is 10.9 Å². The van der Waals surface area contributed by atoms with Gasteiger partial charge in [-0.25, -0.2) is 0 Å². The molecule has 0 spiro atoms. The number of para-hydroxylation sites is 1. The number of hydrogen-bond acceptors (Lipinski definition) is 6. The van der Waals surface area contributed by atoms with Crippen LogP contribution in [0.4, 0.5) is 5.69 Å². The summed E-state index contributed by atoms with van der Waals surface area (Å²) in [6.07, 6.45) is 3.29. The molecule has 2 amide bonds. The molecular formula is C26H25N5O3S. The molecule has 8 nitrogen and oxygen atoms in total. The van der Waals surface area contributed by atoms with E-state index in [1.54, 1.807) is 48.7 Å². The predicted molar refractivity (Wildman–Crippen MR) is 136 cm³/mol. The van der Waals surface area contributed by atoms with E-state index in [9.17, 15) is 9.59 Å². The van der Waals surface area contributed by atoms with Crippen molar-refractivity contribution < 1.29 is 14.0 Å². The average Bonchev–Trinajstić information content (AvgIpc) is 3.54. The van der Waals surface area contributed by atoms with Gasteiger partial charge in [-0.3, -0.25) is 14.2 Å². The highest BCUT2D eigenvalue weighted by atomic mass is 32.2. The quantitative estimate of drug-likeness (QED) is 0.243. The minimum Gasteiger partial charge on any atom is -0.461 e. The highest BCUT2D eigenvalue weighted by molar-refractivity contribution is 7.99. The van der Waals surface area contributed by atoms with Crippen molar-refractivity contribution in [2.24, 2.45) is 0 Å². The summed E-state index contributed by atoms with van der Waals surface area (Å²) in [6, 6.07) is 20.0. The van der Waals surface area contributed by atoms with E-state index in [4.69, 9.17) is 4.42 Å². The fourth-order valence-electron chi connectivity index (χ4n) is 3.48. The van der Waals surface area contributed by atoms with Crippen LogP contribution in [-0.2, 0) is 11.3 Å². The van der Waals surface area contributed by atoms with Crippen LogP contribution in [0.3, 0.4) is 0 Å². The summed E-state index contributed by atoms with van der Waals surface area (Å²) in [5, 5.41) is 14.8. The maximum Gasteiger partial charge on any atom is 0.253 e. The summed E-state index contributed by atoms with van der Waals surface area (Å²) in [5.74, 6) is 0.703. The maximum atomic E-state index is 12.9. The van der Waals surface area contributed by atoms with Crippen LogP contribution in [0.5, 0.6) is 0 Å². The van der Waals surface area contributed by atoms with Gasteiger partial charge in [-0.15, -0.1) is 16.8 Å². The Morgan fingerprint density at radius 3 is 2.60 bits per heavy atom. The standard InChI is InChI=1S/C26H25N5O3S/c1-3-15-31-24(22-14-9-16-34-22)29-30-26(31)35-17-23(32)28-21-13-8-7-12-20(21)25(33)27-18(2)19-10-5-4-6-11-19/h3-14,16,18H,1,15,17H2,2H3,(H,27,33)(H,28,32). The fraction of sp³-hybridized carbons (Fsp3) is 0.154. The van der Waals surface area contributed by atoms with E-state index in [-0.39, 0.29) is 23.6 Å². The monoisotopic (exact) mass is 487 g/mol. The van der Waals surface area contributed by atoms with Crippen LogP contribution in [0.1, 0.15) is 28.9 Å². The van der Waals surface area contributed by atoms with Gasteiger partial charge in [-0.1, -0.05) is 60.3 Å². The Hall–Kier alpha value is -4.11. The number of aromatic nitrogens is 3. The van der Waals surface area contributed by atoms with Crippen LogP contribution < -0.4 is 10.6 Å². The van der Waals surface area contributed by atoms with E-state index in [1.165, 1.54) is 11.8 Å². The van der Waals surface area contributed by atoms with Crippen molar-refractivity contribution in [3.63, 3.8) is 0 Å². The third kappa shape index (κ3) is 5.88. The molecule has 0 bridgehead atoms. The number of furan rings is 1. The molecular weight excluding hydrogens is 462 g/mol. The smallest absolute Gasteiger partial charge is 0.253 e. The molecule has 35 heavy (non-hydrogen) atoms. The van der Waals surface area contributed by atoms with Crippen molar-refractivity contribution in [1.29, 1.82) is 0 Å². The summed E-state index contributed by atoms with van der Waals surface area (Å²) in [7, 11) is 0. The Morgan fingerprint density at radius 2 is 1.86 bits per heavy atom. The molecule has 0 aliphatic rings. The summed E-state index contributed by atoms with van der Waals surface area (Å²) in [5.41, 5.74) is 1.83. The zero-order chi connectivity index (χ0) is 24.6. The van der Waals surface area contributed by atoms with Gasteiger partial charge in [0.05, 0.1) is 29.3 Å². The molecule has 2 heterocycles. The lowest BCUT2D eigenvalue weighted by molar-refractivity contribution is -0.113. The Labute approximate surface area is 207 Å². The third-order valence-corrected chi connectivity index (χ3v) is 6.16. The molecule has 0 saturated heterocycles. The number of thioether (sulfide) groups is 1. The molecule has 4 rings (SSSR count). The number of anilines is 1. The topological polar surface area (TPSA) is 102 Å². The average molecular weight is 488 g/mol. The molecule has 9 heteroatoms. The number of carbonyl (C=O) groups excluding carboxylic acids is 2. The van der Waals surface area contributed by atoms with E-state index in [0.29, 0.717) is 34.5 Å². The van der Waals surface area contributed by atoms with Crippen LogP contribution in [0.15, 0.2) is 95.2 Å². The van der Waals surface area contributed by atoms with Crippen LogP contribution in [0.25, 0.3) is 11.6 Å². The normalized spacial score (nSPS) is 11.6. The molecule has 0 aliphatic carbocycles. The van der Waals surface area contributed by atoms with Crippen molar-refractivity contribution in [3.8, 4) is 11.6 Å². The van der Waals surface area contributed by atoms with Gasteiger partial charge >= 0.3 is 0 Å². The number of allylic oxidation sites excluding steroid dienone is 1. The summed E-state index contributed by atoms with van der Waals surface area (Å²) >= 11 is 1.24. The van der Waals surface area contributed by atoms with E-state index < -0.39 is 0 Å². The first-order valence-electron chi connectivity index (χ1n) is 11.0. The molecule has 1 atom stereocenters. The largest absolute Gasteiger partial charge is 0.461 e. The third-order valence-electron chi connectivity index (χ3n) is 5.20. The van der Waals surface area contributed by atoms with Crippen LogP contribution in [-0.4, -0.2) is 32.3 Å². The summed E-state index contributed by atoms with van der Waals surface area (Å²) in [4.78, 5) is 25.7. The summed E-state index contributed by atoms with van der Waals surface area (Å²) in [6.45, 7) is 6.17. The molecule has 0 radical (unpaired) electrons. The van der Waals surface area contributed by atoms with Crippen LogP contribution in [0.2, 0.25) is 0 Å². The lowest BCUT2D eigenvalue weighted by Gasteiger charge is -2.16. The predicted octanol–water partition coefficient (Wildman–Crippen LogP) is 4.95. The highest BCUT2D eigenvalue weighted by Crippen LogP contribution is 2.25. The molecule has 4 aromatic rings. The van der Waals surface area contributed by atoms with Crippen molar-refractivity contribution in [1.82, 2.24) is 20.1 Å². The highest BCUT2D eigenvalue weighted by Gasteiger charge is 2.19. The van der Waals surface area contributed by atoms with Gasteiger partial charge in [0.1, 0.15) is 0 Å². The first-order chi connectivity index (χ1) is 17.1. The Kier molecular flexibility index (Phi) is 7.79. The number of rotatable bonds is 10. The van der Waals surface area contributed by atoms with Crippen molar-refractivity contribution >= 4 is 29.3 Å². The maximum absolute atomic E-state index is 12.9. The Bertz CT molecular complexity index is 1300. The zero-order valence-corrected chi connectivity index (χ0v) is 20.0. The molecule has 0 fully saturated rings. The van der Waals surface area contributed by atoms with Gasteiger partial charge in [0, 0.05) is 6.54 Å². The molecule has 0 aliphatic heterocycles. The fourth-order valence-corrected chi connectivity index (χ4v) is 4.23. The molecule has 2 aromatic heterocycles. The van der Waals surface area contributed by atoms with Gasteiger partial charge in [-0.05, 0) is 36.8 Å². The minimum absolute atomic E-state index is 0.0871. The molecule has 2 aromatic carbocycles. The lowest BCUT2D eigenvalue weighted by Crippen LogP contribution is -2.28. The second-order valence-electron chi connectivity index (χ2n) is 7.67. The van der Waals surface area contributed by atoms with Gasteiger partial charge in [0.25, 0.3) is 5.91 Å². The second kappa shape index (κ2) is 11.3. The second-order valence-corrected chi connectivity index (χ2v) is 8.61. The number of carbonyl (C=O) groups is 2. The SMILES string of the molecule is C=CCn1c(SCC(=O)Nc2ccccc2C(=O)NC(C)c2ccccc2)nnc1-c1ccco1. The van der Waals surface area contributed by atoms with E-state index in [2.05, 4.69) is 27.4 Å². The Morgan fingerprint density at radius 1 is 1.09 bits per heavy atom. The van der Waals surface area contributed by atoms with Crippen molar-refractivity contribution in [3.05, 3.63) is 96.8 Å². The van der Waals surface area contributed by atoms with Gasteiger partial charge in [-0.2, -0.15) is 0 Å².